The lowest BCUT2D eigenvalue weighted by molar-refractivity contribution is 0.0927. The Bertz CT molecular complexity index is 983. The second kappa shape index (κ2) is 8.24. The molecule has 1 N–H and O–H groups in total. The molecule has 0 radical (unpaired) electrons. The lowest BCUT2D eigenvalue weighted by Gasteiger charge is -2.42. The molecule has 0 bridgehead atoms. The molecule has 1 amide bonds. The summed E-state index contributed by atoms with van der Waals surface area (Å²) in [5.74, 6) is -0.598. The minimum atomic E-state index is -3.66. The van der Waals surface area contributed by atoms with Crippen LogP contribution in [0.25, 0.3) is 0 Å². The van der Waals surface area contributed by atoms with Gasteiger partial charge in [0, 0.05) is 30.6 Å². The van der Waals surface area contributed by atoms with Crippen molar-refractivity contribution < 1.29 is 17.6 Å². The number of hydrogen-bond acceptors (Lipinski definition) is 3. The van der Waals surface area contributed by atoms with Gasteiger partial charge >= 0.3 is 0 Å². The normalized spacial score (nSPS) is 15.9. The van der Waals surface area contributed by atoms with Crippen molar-refractivity contribution in [1.82, 2.24) is 9.62 Å². The number of benzene rings is 2. The van der Waals surface area contributed by atoms with Crippen molar-refractivity contribution in [1.29, 1.82) is 0 Å². The Balaban J connectivity index is 1.75. The third-order valence-corrected chi connectivity index (χ3v) is 7.88. The first-order chi connectivity index (χ1) is 13.7. The molecular formula is C22H27FN2O3S. The average molecular weight is 419 g/mol. The van der Waals surface area contributed by atoms with Crippen LogP contribution >= 0.6 is 0 Å². The first kappa shape index (κ1) is 21.5. The van der Waals surface area contributed by atoms with Crippen LogP contribution in [0.15, 0.2) is 53.4 Å². The zero-order valence-corrected chi connectivity index (χ0v) is 17.8. The second-order valence-electron chi connectivity index (χ2n) is 7.97. The van der Waals surface area contributed by atoms with E-state index in [0.29, 0.717) is 12.1 Å². The number of rotatable bonds is 7. The van der Waals surface area contributed by atoms with Crippen molar-refractivity contribution in [3.05, 3.63) is 65.5 Å². The molecule has 1 saturated carbocycles. The van der Waals surface area contributed by atoms with Crippen LogP contribution in [0.4, 0.5) is 4.39 Å². The Hall–Kier alpha value is -2.25. The van der Waals surface area contributed by atoms with Crippen LogP contribution < -0.4 is 5.32 Å². The molecule has 2 aromatic rings. The number of sulfonamides is 1. The number of amides is 1. The molecule has 29 heavy (non-hydrogen) atoms. The summed E-state index contributed by atoms with van der Waals surface area (Å²) in [5.41, 5.74) is 1.13. The Kier molecular flexibility index (Phi) is 6.10. The zero-order chi connectivity index (χ0) is 21.2. The van der Waals surface area contributed by atoms with E-state index in [1.54, 1.807) is 38.1 Å². The lowest BCUT2D eigenvalue weighted by atomic mass is 9.64. The minimum Gasteiger partial charge on any atom is -0.351 e. The van der Waals surface area contributed by atoms with E-state index in [1.807, 2.05) is 0 Å². The maximum absolute atomic E-state index is 13.3. The van der Waals surface area contributed by atoms with Crippen molar-refractivity contribution >= 4 is 15.9 Å². The van der Waals surface area contributed by atoms with E-state index in [-0.39, 0.29) is 28.1 Å². The summed E-state index contributed by atoms with van der Waals surface area (Å²) in [7, 11) is -2.14. The maximum Gasteiger partial charge on any atom is 0.251 e. The Morgan fingerprint density at radius 1 is 1.17 bits per heavy atom. The smallest absolute Gasteiger partial charge is 0.251 e. The molecule has 1 fully saturated rings. The highest BCUT2D eigenvalue weighted by molar-refractivity contribution is 7.89. The summed E-state index contributed by atoms with van der Waals surface area (Å²) in [6.45, 7) is 4.02. The predicted octanol–water partition coefficient (Wildman–Crippen LogP) is 3.71. The maximum atomic E-state index is 13.3. The SMILES string of the molecule is CC(C)N(C)S(=O)(=O)c1cccc(C(=O)NCC2(c3ccc(F)cc3)CCC2)c1. The van der Waals surface area contributed by atoms with Crippen molar-refractivity contribution in [2.75, 3.05) is 13.6 Å². The van der Waals surface area contributed by atoms with Crippen LogP contribution in [0.1, 0.15) is 49.0 Å². The average Bonchev–Trinajstić information content (AvgIpc) is 2.67. The Morgan fingerprint density at radius 2 is 1.83 bits per heavy atom. The van der Waals surface area contributed by atoms with Crippen LogP contribution in [0.2, 0.25) is 0 Å². The number of nitrogens with zero attached hydrogens (tertiary/aromatic N) is 1. The van der Waals surface area contributed by atoms with Crippen LogP contribution in [0.3, 0.4) is 0 Å². The zero-order valence-electron chi connectivity index (χ0n) is 17.0. The number of carbonyl (C=O) groups is 1. The Labute approximate surface area is 172 Å². The third-order valence-electron chi connectivity index (χ3n) is 5.86. The fraction of sp³-hybridized carbons (Fsp3) is 0.409. The van der Waals surface area contributed by atoms with Gasteiger partial charge in [-0.25, -0.2) is 12.8 Å². The molecular weight excluding hydrogens is 391 g/mol. The van der Waals surface area contributed by atoms with Crippen LogP contribution in [-0.4, -0.2) is 38.3 Å². The van der Waals surface area contributed by atoms with Crippen molar-refractivity contribution in [2.45, 2.75) is 49.5 Å². The van der Waals surface area contributed by atoms with Crippen molar-refractivity contribution in [2.24, 2.45) is 0 Å². The molecule has 0 heterocycles. The molecule has 156 valence electrons. The topological polar surface area (TPSA) is 66.5 Å². The van der Waals surface area contributed by atoms with E-state index in [0.717, 1.165) is 24.8 Å². The van der Waals surface area contributed by atoms with E-state index in [4.69, 9.17) is 0 Å². The van der Waals surface area contributed by atoms with Gasteiger partial charge in [-0.2, -0.15) is 4.31 Å². The number of nitrogens with one attached hydrogen (secondary N) is 1. The molecule has 1 aliphatic carbocycles. The molecule has 0 atom stereocenters. The molecule has 0 aliphatic heterocycles. The van der Waals surface area contributed by atoms with E-state index in [1.165, 1.54) is 35.6 Å². The number of carbonyl (C=O) groups excluding carboxylic acids is 1. The summed E-state index contributed by atoms with van der Waals surface area (Å²) >= 11 is 0. The van der Waals surface area contributed by atoms with E-state index in [2.05, 4.69) is 5.32 Å². The van der Waals surface area contributed by atoms with Gasteiger partial charge in [0.25, 0.3) is 5.91 Å². The van der Waals surface area contributed by atoms with Gasteiger partial charge in [-0.3, -0.25) is 4.79 Å². The fourth-order valence-electron chi connectivity index (χ4n) is 3.57. The molecule has 0 saturated heterocycles. The highest BCUT2D eigenvalue weighted by atomic mass is 32.2. The lowest BCUT2D eigenvalue weighted by Crippen LogP contribution is -2.45. The quantitative estimate of drug-likeness (QED) is 0.746. The van der Waals surface area contributed by atoms with Gasteiger partial charge in [0.2, 0.25) is 10.0 Å². The van der Waals surface area contributed by atoms with Crippen LogP contribution in [0.5, 0.6) is 0 Å². The van der Waals surface area contributed by atoms with Gasteiger partial charge in [-0.15, -0.1) is 0 Å². The molecule has 0 aromatic heterocycles. The van der Waals surface area contributed by atoms with Gasteiger partial charge in [0.1, 0.15) is 5.82 Å². The van der Waals surface area contributed by atoms with E-state index >= 15 is 0 Å². The summed E-state index contributed by atoms with van der Waals surface area (Å²) in [6.07, 6.45) is 2.90. The first-order valence-electron chi connectivity index (χ1n) is 9.78. The highest BCUT2D eigenvalue weighted by Crippen LogP contribution is 2.43. The van der Waals surface area contributed by atoms with E-state index < -0.39 is 10.0 Å². The third kappa shape index (κ3) is 4.36. The molecule has 0 unspecified atom stereocenters. The summed E-state index contributed by atoms with van der Waals surface area (Å²) in [6, 6.07) is 12.3. The number of hydrogen-bond donors (Lipinski definition) is 1. The second-order valence-corrected chi connectivity index (χ2v) is 9.96. The monoisotopic (exact) mass is 418 g/mol. The van der Waals surface area contributed by atoms with Gasteiger partial charge in [0.05, 0.1) is 4.90 Å². The highest BCUT2D eigenvalue weighted by Gasteiger charge is 2.39. The molecule has 7 heteroatoms. The van der Waals surface area contributed by atoms with Crippen molar-refractivity contribution in [3.8, 4) is 0 Å². The molecule has 2 aromatic carbocycles. The largest absolute Gasteiger partial charge is 0.351 e. The molecule has 0 spiro atoms. The van der Waals surface area contributed by atoms with Crippen LogP contribution in [0, 0.1) is 5.82 Å². The summed E-state index contributed by atoms with van der Waals surface area (Å²) < 4.78 is 39.9. The van der Waals surface area contributed by atoms with Crippen molar-refractivity contribution in [3.63, 3.8) is 0 Å². The Morgan fingerprint density at radius 3 is 2.38 bits per heavy atom. The van der Waals surface area contributed by atoms with Crippen LogP contribution in [-0.2, 0) is 15.4 Å². The summed E-state index contributed by atoms with van der Waals surface area (Å²) in [4.78, 5) is 12.8. The number of halogens is 1. The van der Waals surface area contributed by atoms with Gasteiger partial charge in [0.15, 0.2) is 0 Å². The summed E-state index contributed by atoms with van der Waals surface area (Å²) in [5, 5.41) is 2.94. The fourth-order valence-corrected chi connectivity index (χ4v) is 4.98. The van der Waals surface area contributed by atoms with Gasteiger partial charge < -0.3 is 5.32 Å². The van der Waals surface area contributed by atoms with Gasteiger partial charge in [-0.05, 0) is 62.6 Å². The minimum absolute atomic E-state index is 0.0956. The van der Waals surface area contributed by atoms with E-state index in [9.17, 15) is 17.6 Å². The molecule has 1 aliphatic rings. The standard InChI is InChI=1S/C22H27FN2O3S/c1-16(2)25(3)29(27,28)20-7-4-6-17(14-20)21(26)24-15-22(12-5-13-22)18-8-10-19(23)11-9-18/h4,6-11,14,16H,5,12-13,15H2,1-3H3,(H,24,26). The molecule has 5 nitrogen and oxygen atoms in total. The molecule has 3 rings (SSSR count). The predicted molar refractivity (Wildman–Crippen MR) is 111 cm³/mol. The van der Waals surface area contributed by atoms with Gasteiger partial charge in [-0.1, -0.05) is 24.6 Å². The first-order valence-corrected chi connectivity index (χ1v) is 11.2.